The summed E-state index contributed by atoms with van der Waals surface area (Å²) in [6, 6.07) is 22.5. The van der Waals surface area contributed by atoms with Gasteiger partial charge in [0.15, 0.2) is 0 Å². The molecule has 0 aromatic heterocycles. The summed E-state index contributed by atoms with van der Waals surface area (Å²) in [7, 11) is 3.82. The lowest BCUT2D eigenvalue weighted by Crippen LogP contribution is -2.47. The van der Waals surface area contributed by atoms with Crippen molar-refractivity contribution in [3.05, 3.63) is 89.0 Å². The molecule has 0 fully saturated rings. The van der Waals surface area contributed by atoms with E-state index in [1.807, 2.05) is 60.4 Å². The van der Waals surface area contributed by atoms with Crippen molar-refractivity contribution in [1.82, 2.24) is 4.90 Å². The quantitative estimate of drug-likeness (QED) is 0.390. The van der Waals surface area contributed by atoms with Crippen LogP contribution in [0.4, 0.5) is 17.1 Å². The normalized spacial score (nSPS) is 16.8. The molecule has 208 valence electrons. The van der Waals surface area contributed by atoms with E-state index >= 15 is 0 Å². The van der Waals surface area contributed by atoms with Gasteiger partial charge in [-0.3, -0.25) is 19.3 Å². The first kappa shape index (κ1) is 27.6. The maximum absolute atomic E-state index is 13.2. The van der Waals surface area contributed by atoms with E-state index in [4.69, 9.17) is 0 Å². The molecule has 3 aromatic carbocycles. The minimum Gasteiger partial charge on any atom is -0.313 e. The van der Waals surface area contributed by atoms with Gasteiger partial charge in [0, 0.05) is 38.8 Å². The number of carbonyl (C=O) groups is 3. The largest absolute Gasteiger partial charge is 0.313 e. The van der Waals surface area contributed by atoms with Crippen LogP contribution in [-0.4, -0.2) is 43.3 Å². The number of aryl methyl sites for hydroxylation is 1. The average Bonchev–Trinajstić information content (AvgIpc) is 2.99. The minimum absolute atomic E-state index is 0.160. The molecule has 0 spiro atoms. The Morgan fingerprint density at radius 3 is 2.23 bits per heavy atom. The second kappa shape index (κ2) is 10.9. The SMILES string of the molecule is CCN1C(=O)C(C)(C)C(=O)N(C)c2cc(CN(C)Cc3ccccc3CN3C(=O)CCc4ccccc43)ccc21. The van der Waals surface area contributed by atoms with Gasteiger partial charge in [0.1, 0.15) is 5.41 Å². The minimum atomic E-state index is -1.12. The number of para-hydroxylation sites is 1. The zero-order chi connectivity index (χ0) is 28.6. The summed E-state index contributed by atoms with van der Waals surface area (Å²) >= 11 is 0. The van der Waals surface area contributed by atoms with E-state index in [1.54, 1.807) is 30.7 Å². The van der Waals surface area contributed by atoms with Gasteiger partial charge in [0.2, 0.25) is 17.7 Å². The van der Waals surface area contributed by atoms with E-state index in [-0.39, 0.29) is 17.7 Å². The molecule has 2 heterocycles. The summed E-state index contributed by atoms with van der Waals surface area (Å²) in [6.45, 7) is 7.74. The molecule has 0 aliphatic carbocycles. The van der Waals surface area contributed by atoms with Gasteiger partial charge in [-0.05, 0) is 74.7 Å². The molecule has 0 saturated carbocycles. The van der Waals surface area contributed by atoms with Crippen molar-refractivity contribution in [2.75, 3.05) is 35.3 Å². The third kappa shape index (κ3) is 5.02. The van der Waals surface area contributed by atoms with Crippen LogP contribution in [0.3, 0.4) is 0 Å². The van der Waals surface area contributed by atoms with Crippen LogP contribution in [0.25, 0.3) is 0 Å². The fourth-order valence-electron chi connectivity index (χ4n) is 5.91. The number of hydrogen-bond donors (Lipinski definition) is 0. The number of anilines is 3. The number of benzene rings is 3. The van der Waals surface area contributed by atoms with Crippen molar-refractivity contribution in [3.63, 3.8) is 0 Å². The Labute approximate surface area is 237 Å². The predicted octanol–water partition coefficient (Wildman–Crippen LogP) is 5.15. The summed E-state index contributed by atoms with van der Waals surface area (Å²) in [5.74, 6) is -0.224. The standard InChI is InChI=1S/C33H38N4O3/c1-6-36-28-17-15-23(19-29(28)35(5)31(39)33(2,3)32(36)40)20-34(4)21-25-12-7-8-13-26(25)22-37-27-14-10-9-11-24(27)16-18-30(37)38/h7-15,17,19H,6,16,18,20-22H2,1-5H3. The lowest BCUT2D eigenvalue weighted by atomic mass is 9.90. The molecule has 3 amide bonds. The lowest BCUT2D eigenvalue weighted by molar-refractivity contribution is -0.137. The van der Waals surface area contributed by atoms with E-state index in [0.29, 0.717) is 32.6 Å². The maximum Gasteiger partial charge on any atom is 0.242 e. The third-order valence-electron chi connectivity index (χ3n) is 8.16. The second-order valence-electron chi connectivity index (χ2n) is 11.4. The van der Waals surface area contributed by atoms with Crippen molar-refractivity contribution < 1.29 is 14.4 Å². The van der Waals surface area contributed by atoms with Crippen molar-refractivity contribution in [2.24, 2.45) is 5.41 Å². The Balaban J connectivity index is 1.36. The number of hydrogen-bond acceptors (Lipinski definition) is 4. The van der Waals surface area contributed by atoms with Crippen molar-refractivity contribution >= 4 is 34.8 Å². The highest BCUT2D eigenvalue weighted by Crippen LogP contribution is 2.39. The van der Waals surface area contributed by atoms with Gasteiger partial charge in [-0.15, -0.1) is 0 Å². The molecule has 0 bridgehead atoms. The van der Waals surface area contributed by atoms with Crippen LogP contribution in [0.15, 0.2) is 66.7 Å². The molecule has 2 aliphatic heterocycles. The van der Waals surface area contributed by atoms with Gasteiger partial charge < -0.3 is 14.7 Å². The topological polar surface area (TPSA) is 64.2 Å². The van der Waals surface area contributed by atoms with Gasteiger partial charge >= 0.3 is 0 Å². The Morgan fingerprint density at radius 1 is 0.775 bits per heavy atom. The van der Waals surface area contributed by atoms with Crippen LogP contribution in [-0.2, 0) is 40.4 Å². The molecule has 0 N–H and O–H groups in total. The zero-order valence-electron chi connectivity index (χ0n) is 24.1. The summed E-state index contributed by atoms with van der Waals surface area (Å²) in [6.07, 6.45) is 1.33. The number of amides is 3. The van der Waals surface area contributed by atoms with E-state index in [9.17, 15) is 14.4 Å². The van der Waals surface area contributed by atoms with E-state index in [0.717, 1.165) is 34.6 Å². The molecule has 2 aliphatic rings. The first-order valence-corrected chi connectivity index (χ1v) is 14.0. The first-order valence-electron chi connectivity index (χ1n) is 14.0. The molecule has 0 unspecified atom stereocenters. The van der Waals surface area contributed by atoms with Gasteiger partial charge in [-0.1, -0.05) is 48.5 Å². The fourth-order valence-corrected chi connectivity index (χ4v) is 5.91. The average molecular weight is 539 g/mol. The molecule has 40 heavy (non-hydrogen) atoms. The number of rotatable bonds is 7. The smallest absolute Gasteiger partial charge is 0.242 e. The first-order chi connectivity index (χ1) is 19.1. The van der Waals surface area contributed by atoms with Crippen LogP contribution in [0.5, 0.6) is 0 Å². The molecular weight excluding hydrogens is 500 g/mol. The second-order valence-corrected chi connectivity index (χ2v) is 11.4. The van der Waals surface area contributed by atoms with Crippen molar-refractivity contribution in [1.29, 1.82) is 0 Å². The van der Waals surface area contributed by atoms with Gasteiger partial charge in [-0.25, -0.2) is 0 Å². The van der Waals surface area contributed by atoms with Crippen LogP contribution >= 0.6 is 0 Å². The zero-order valence-corrected chi connectivity index (χ0v) is 24.1. The Kier molecular flexibility index (Phi) is 7.51. The van der Waals surface area contributed by atoms with Crippen LogP contribution < -0.4 is 14.7 Å². The summed E-state index contributed by atoms with van der Waals surface area (Å²) in [5, 5.41) is 0. The lowest BCUT2D eigenvalue weighted by Gasteiger charge is -2.30. The number of carbonyl (C=O) groups excluding carboxylic acids is 3. The summed E-state index contributed by atoms with van der Waals surface area (Å²) in [5.41, 5.74) is 5.97. The van der Waals surface area contributed by atoms with E-state index in [1.165, 1.54) is 11.1 Å². The van der Waals surface area contributed by atoms with Crippen molar-refractivity contribution in [2.45, 2.75) is 53.2 Å². The van der Waals surface area contributed by atoms with E-state index in [2.05, 4.69) is 30.1 Å². The fraction of sp³-hybridized carbons (Fsp3) is 0.364. The highest BCUT2D eigenvalue weighted by Gasteiger charge is 2.45. The molecule has 0 atom stereocenters. The Morgan fingerprint density at radius 2 is 1.48 bits per heavy atom. The molecule has 3 aromatic rings. The molecule has 0 radical (unpaired) electrons. The number of nitrogens with zero attached hydrogens (tertiary/aromatic N) is 4. The molecule has 5 rings (SSSR count). The Hall–Kier alpha value is -3.97. The molecular formula is C33H38N4O3. The van der Waals surface area contributed by atoms with Crippen LogP contribution in [0, 0.1) is 5.41 Å². The van der Waals surface area contributed by atoms with Gasteiger partial charge in [0.25, 0.3) is 0 Å². The molecule has 7 nitrogen and oxygen atoms in total. The highest BCUT2D eigenvalue weighted by molar-refractivity contribution is 6.19. The monoisotopic (exact) mass is 538 g/mol. The summed E-state index contributed by atoms with van der Waals surface area (Å²) in [4.78, 5) is 46.8. The van der Waals surface area contributed by atoms with Crippen molar-refractivity contribution in [3.8, 4) is 0 Å². The van der Waals surface area contributed by atoms with Gasteiger partial charge in [-0.2, -0.15) is 0 Å². The third-order valence-corrected chi connectivity index (χ3v) is 8.16. The molecule has 7 heteroatoms. The van der Waals surface area contributed by atoms with Crippen LogP contribution in [0.1, 0.15) is 49.4 Å². The molecule has 0 saturated heterocycles. The van der Waals surface area contributed by atoms with Crippen LogP contribution in [0.2, 0.25) is 0 Å². The number of fused-ring (bicyclic) bond motifs is 2. The predicted molar refractivity (Wildman–Crippen MR) is 159 cm³/mol. The summed E-state index contributed by atoms with van der Waals surface area (Å²) < 4.78 is 0. The van der Waals surface area contributed by atoms with E-state index < -0.39 is 5.41 Å². The highest BCUT2D eigenvalue weighted by atomic mass is 16.2. The maximum atomic E-state index is 13.2. The Bertz CT molecular complexity index is 1460. The van der Waals surface area contributed by atoms with Gasteiger partial charge in [0.05, 0.1) is 17.9 Å².